The molecular formula is C9H16O6. The Bertz CT molecular complexity index is 231. The number of ether oxygens (including phenoxy) is 2. The van der Waals surface area contributed by atoms with Gasteiger partial charge in [-0.05, 0) is 13.8 Å². The molecule has 0 radical (unpaired) electrons. The van der Waals surface area contributed by atoms with Crippen molar-refractivity contribution in [2.45, 2.75) is 56.3 Å². The van der Waals surface area contributed by atoms with E-state index in [1.165, 1.54) is 0 Å². The van der Waals surface area contributed by atoms with Gasteiger partial charge in [0.05, 0.1) is 0 Å². The first-order valence-corrected chi connectivity index (χ1v) is 4.91. The van der Waals surface area contributed by atoms with Crippen LogP contribution in [0.1, 0.15) is 13.8 Å². The van der Waals surface area contributed by atoms with E-state index in [1.807, 2.05) is 0 Å². The van der Waals surface area contributed by atoms with Crippen LogP contribution in [0, 0.1) is 0 Å². The van der Waals surface area contributed by atoms with Crippen molar-refractivity contribution < 1.29 is 29.9 Å². The first-order valence-electron chi connectivity index (χ1n) is 4.91. The highest BCUT2D eigenvalue weighted by molar-refractivity contribution is 5.03. The van der Waals surface area contributed by atoms with Gasteiger partial charge in [0.25, 0.3) is 0 Å². The Kier molecular flexibility index (Phi) is 2.53. The predicted molar refractivity (Wildman–Crippen MR) is 47.9 cm³/mol. The van der Waals surface area contributed by atoms with Crippen LogP contribution in [0.15, 0.2) is 0 Å². The fourth-order valence-corrected chi connectivity index (χ4v) is 2.14. The summed E-state index contributed by atoms with van der Waals surface area (Å²) in [5.41, 5.74) is 0. The summed E-state index contributed by atoms with van der Waals surface area (Å²) < 4.78 is 10.7. The van der Waals surface area contributed by atoms with E-state index < -0.39 is 42.4 Å². The van der Waals surface area contributed by atoms with E-state index in [4.69, 9.17) is 9.47 Å². The van der Waals surface area contributed by atoms with Gasteiger partial charge in [-0.25, -0.2) is 0 Å². The number of aliphatic hydroxyl groups is 4. The van der Waals surface area contributed by atoms with Crippen molar-refractivity contribution in [1.82, 2.24) is 0 Å². The van der Waals surface area contributed by atoms with Crippen molar-refractivity contribution in [3.8, 4) is 0 Å². The summed E-state index contributed by atoms with van der Waals surface area (Å²) in [6, 6.07) is 0. The van der Waals surface area contributed by atoms with Gasteiger partial charge in [-0.1, -0.05) is 0 Å². The van der Waals surface area contributed by atoms with Gasteiger partial charge in [-0.2, -0.15) is 0 Å². The molecule has 1 saturated heterocycles. The second-order valence-electron chi connectivity index (χ2n) is 4.53. The van der Waals surface area contributed by atoms with Crippen molar-refractivity contribution in [1.29, 1.82) is 0 Å². The molecule has 0 bridgehead atoms. The molecule has 6 nitrogen and oxygen atoms in total. The van der Waals surface area contributed by atoms with Crippen LogP contribution in [-0.4, -0.2) is 62.8 Å². The molecule has 15 heavy (non-hydrogen) atoms. The lowest BCUT2D eigenvalue weighted by atomic mass is 9.85. The van der Waals surface area contributed by atoms with Crippen LogP contribution in [0.3, 0.4) is 0 Å². The van der Waals surface area contributed by atoms with Gasteiger partial charge in [0.1, 0.15) is 36.6 Å². The first kappa shape index (κ1) is 11.3. The largest absolute Gasteiger partial charge is 0.387 e. The van der Waals surface area contributed by atoms with E-state index in [2.05, 4.69) is 0 Å². The number of fused-ring (bicyclic) bond motifs is 1. The monoisotopic (exact) mass is 220 g/mol. The van der Waals surface area contributed by atoms with Crippen LogP contribution in [0.5, 0.6) is 0 Å². The zero-order valence-corrected chi connectivity index (χ0v) is 8.57. The molecule has 1 saturated carbocycles. The molecule has 1 heterocycles. The summed E-state index contributed by atoms with van der Waals surface area (Å²) in [4.78, 5) is 0. The molecule has 2 aliphatic rings. The molecule has 0 spiro atoms. The minimum atomic E-state index is -1.42. The van der Waals surface area contributed by atoms with Crippen LogP contribution in [0.2, 0.25) is 0 Å². The standard InChI is InChI=1S/C9H16O6/c1-9(2)14-7-5(12)3(10)4(11)6(13)8(7)15-9/h3-8,10-13H,1-2H3/t3-,4-,5-,6+,7+,8-/m1/s1. The van der Waals surface area contributed by atoms with Crippen molar-refractivity contribution in [3.63, 3.8) is 0 Å². The Balaban J connectivity index is 2.23. The van der Waals surface area contributed by atoms with Gasteiger partial charge < -0.3 is 29.9 Å². The van der Waals surface area contributed by atoms with E-state index in [-0.39, 0.29) is 0 Å². The third-order valence-electron chi connectivity index (χ3n) is 2.89. The van der Waals surface area contributed by atoms with Gasteiger partial charge in [-0.15, -0.1) is 0 Å². The Morgan fingerprint density at radius 3 is 1.40 bits per heavy atom. The minimum Gasteiger partial charge on any atom is -0.387 e. The van der Waals surface area contributed by atoms with Gasteiger partial charge in [-0.3, -0.25) is 0 Å². The molecule has 1 aliphatic carbocycles. The molecule has 0 amide bonds. The average molecular weight is 220 g/mol. The second kappa shape index (κ2) is 3.38. The molecule has 0 aromatic carbocycles. The number of aliphatic hydroxyl groups excluding tert-OH is 4. The van der Waals surface area contributed by atoms with Crippen LogP contribution >= 0.6 is 0 Å². The molecule has 6 heteroatoms. The molecule has 0 aromatic heterocycles. The molecular weight excluding hydrogens is 204 g/mol. The van der Waals surface area contributed by atoms with Crippen LogP contribution in [-0.2, 0) is 9.47 Å². The smallest absolute Gasteiger partial charge is 0.164 e. The lowest BCUT2D eigenvalue weighted by molar-refractivity contribution is -0.192. The molecule has 88 valence electrons. The predicted octanol–water partition coefficient (Wildman–Crippen LogP) is -2.04. The molecule has 0 unspecified atom stereocenters. The molecule has 6 atom stereocenters. The molecule has 1 aliphatic heterocycles. The van der Waals surface area contributed by atoms with E-state index in [1.54, 1.807) is 13.8 Å². The number of hydrogen-bond acceptors (Lipinski definition) is 6. The molecule has 0 aromatic rings. The topological polar surface area (TPSA) is 99.4 Å². The summed E-state index contributed by atoms with van der Waals surface area (Å²) in [6.45, 7) is 3.28. The third-order valence-corrected chi connectivity index (χ3v) is 2.89. The average Bonchev–Trinajstić information content (AvgIpc) is 2.48. The van der Waals surface area contributed by atoms with Gasteiger partial charge >= 0.3 is 0 Å². The van der Waals surface area contributed by atoms with Gasteiger partial charge in [0, 0.05) is 0 Å². The summed E-state index contributed by atoms with van der Waals surface area (Å²) in [5, 5.41) is 38.2. The summed E-state index contributed by atoms with van der Waals surface area (Å²) in [5.74, 6) is -0.929. The minimum absolute atomic E-state index is 0.812. The SMILES string of the molecule is CC1(C)O[C@@H]2[C@@H](O)[C@H](O)[C@@H](O)[C@@H](O)[C@@H]2O1. The molecule has 4 N–H and O–H groups in total. The zero-order chi connectivity index (χ0) is 11.4. The van der Waals surface area contributed by atoms with Gasteiger partial charge in [0.15, 0.2) is 5.79 Å². The van der Waals surface area contributed by atoms with E-state index in [0.29, 0.717) is 0 Å². The highest BCUT2D eigenvalue weighted by Gasteiger charge is 2.56. The van der Waals surface area contributed by atoms with E-state index in [0.717, 1.165) is 0 Å². The molecule has 2 fully saturated rings. The number of rotatable bonds is 0. The maximum atomic E-state index is 9.64. The normalized spacial score (nSPS) is 54.0. The highest BCUT2D eigenvalue weighted by atomic mass is 16.8. The Morgan fingerprint density at radius 2 is 1.07 bits per heavy atom. The lowest BCUT2D eigenvalue weighted by Crippen LogP contribution is -2.62. The van der Waals surface area contributed by atoms with Crippen molar-refractivity contribution in [2.24, 2.45) is 0 Å². The molecule has 2 rings (SSSR count). The van der Waals surface area contributed by atoms with Gasteiger partial charge in [0.2, 0.25) is 0 Å². The Morgan fingerprint density at radius 1 is 0.733 bits per heavy atom. The van der Waals surface area contributed by atoms with Crippen LogP contribution in [0.4, 0.5) is 0 Å². The van der Waals surface area contributed by atoms with Crippen molar-refractivity contribution in [3.05, 3.63) is 0 Å². The van der Waals surface area contributed by atoms with E-state index >= 15 is 0 Å². The van der Waals surface area contributed by atoms with E-state index in [9.17, 15) is 20.4 Å². The lowest BCUT2D eigenvalue weighted by Gasteiger charge is -2.38. The third kappa shape index (κ3) is 1.67. The summed E-state index contributed by atoms with van der Waals surface area (Å²) in [6.07, 6.45) is -6.97. The maximum absolute atomic E-state index is 9.64. The Labute approximate surface area is 87.1 Å². The Hall–Kier alpha value is -0.240. The summed E-state index contributed by atoms with van der Waals surface area (Å²) in [7, 11) is 0. The van der Waals surface area contributed by atoms with Crippen molar-refractivity contribution >= 4 is 0 Å². The summed E-state index contributed by atoms with van der Waals surface area (Å²) >= 11 is 0. The highest BCUT2D eigenvalue weighted by Crippen LogP contribution is 2.37. The first-order chi connectivity index (χ1) is 6.83. The fraction of sp³-hybridized carbons (Fsp3) is 1.00. The van der Waals surface area contributed by atoms with Crippen LogP contribution in [0.25, 0.3) is 0 Å². The number of hydrogen-bond donors (Lipinski definition) is 4. The zero-order valence-electron chi connectivity index (χ0n) is 8.57. The second-order valence-corrected chi connectivity index (χ2v) is 4.53. The maximum Gasteiger partial charge on any atom is 0.164 e. The van der Waals surface area contributed by atoms with Crippen molar-refractivity contribution in [2.75, 3.05) is 0 Å². The van der Waals surface area contributed by atoms with Crippen LogP contribution < -0.4 is 0 Å². The fourth-order valence-electron chi connectivity index (χ4n) is 2.14. The quantitative estimate of drug-likeness (QED) is 0.375.